The van der Waals surface area contributed by atoms with Crippen molar-refractivity contribution in [3.63, 3.8) is 0 Å². The highest BCUT2D eigenvalue weighted by Crippen LogP contribution is 2.46. The normalized spacial score (nSPS) is 25.9. The topological polar surface area (TPSA) is 102 Å². The Hall–Kier alpha value is -3.09. The number of rotatable bonds is 4. The lowest BCUT2D eigenvalue weighted by Crippen LogP contribution is -2.43. The Morgan fingerprint density at radius 3 is 2.55 bits per heavy atom. The van der Waals surface area contributed by atoms with Gasteiger partial charge in [-0.2, -0.15) is 0 Å². The summed E-state index contributed by atoms with van der Waals surface area (Å²) in [6.45, 7) is 3.65. The summed E-state index contributed by atoms with van der Waals surface area (Å²) in [5.41, 5.74) is 2.64. The number of ether oxygens (including phenoxy) is 2. The summed E-state index contributed by atoms with van der Waals surface area (Å²) < 4.78 is 10.8. The Kier molecular flexibility index (Phi) is 6.58. The molecule has 1 fully saturated rings. The van der Waals surface area contributed by atoms with Crippen molar-refractivity contribution in [3.8, 4) is 5.75 Å². The maximum Gasteiger partial charge on any atom is 0.337 e. The molecule has 2 N–H and O–H groups in total. The second-order valence-electron chi connectivity index (χ2n) is 9.30. The summed E-state index contributed by atoms with van der Waals surface area (Å²) in [6.07, 6.45) is 5.18. The van der Waals surface area contributed by atoms with E-state index < -0.39 is 23.8 Å². The van der Waals surface area contributed by atoms with Gasteiger partial charge in [-0.25, -0.2) is 4.79 Å². The molecule has 0 bridgehead atoms. The predicted octanol–water partition coefficient (Wildman–Crippen LogP) is 3.88. The fourth-order valence-corrected chi connectivity index (χ4v) is 5.39. The van der Waals surface area contributed by atoms with Gasteiger partial charge in [0, 0.05) is 22.9 Å². The number of aromatic hydroxyl groups is 1. The minimum absolute atomic E-state index is 0.0342. The molecule has 176 valence electrons. The van der Waals surface area contributed by atoms with Crippen molar-refractivity contribution in [2.75, 3.05) is 7.11 Å². The van der Waals surface area contributed by atoms with Gasteiger partial charge < -0.3 is 19.9 Å². The number of Topliss-reactive ketones (excluding diaryl/α,β-unsaturated/α-hetero) is 1. The van der Waals surface area contributed by atoms with Crippen LogP contribution < -0.4 is 5.32 Å². The van der Waals surface area contributed by atoms with E-state index >= 15 is 0 Å². The average Bonchev–Trinajstić information content (AvgIpc) is 2.78. The second kappa shape index (κ2) is 9.41. The number of phenolic OH excluding ortho intramolecular Hbond substituents is 1. The molecule has 0 radical (unpaired) electrons. The third-order valence-electron chi connectivity index (χ3n) is 6.99. The van der Waals surface area contributed by atoms with E-state index in [0.29, 0.717) is 34.5 Å². The van der Waals surface area contributed by atoms with Gasteiger partial charge in [0.15, 0.2) is 5.78 Å². The number of methoxy groups -OCH3 is 1. The number of benzene rings is 1. The Balaban J connectivity index is 1.78. The van der Waals surface area contributed by atoms with Gasteiger partial charge in [0.05, 0.1) is 12.7 Å². The summed E-state index contributed by atoms with van der Waals surface area (Å²) in [6, 6.07) is 6.55. The Bertz CT molecular complexity index is 1030. The highest BCUT2D eigenvalue weighted by Gasteiger charge is 2.47. The maximum absolute atomic E-state index is 13.7. The van der Waals surface area contributed by atoms with E-state index in [1.165, 1.54) is 7.11 Å². The van der Waals surface area contributed by atoms with Crippen molar-refractivity contribution in [2.45, 2.75) is 64.4 Å². The number of esters is 2. The van der Waals surface area contributed by atoms with Crippen LogP contribution in [-0.2, 0) is 23.9 Å². The standard InChI is InChI=1S/C26H31NO6/c1-14-12-19-23(24(29)20(14)25(30)32-3)22(16-8-7-9-17(28)13-16)21(15(2)27-19)26(31)33-18-10-5-4-6-11-18/h7-9,13-14,18,20,22,27-28H,4-6,10-12H2,1-3H3. The first kappa shape index (κ1) is 23.1. The van der Waals surface area contributed by atoms with Gasteiger partial charge in [-0.3, -0.25) is 9.59 Å². The summed E-state index contributed by atoms with van der Waals surface area (Å²) in [7, 11) is 1.27. The molecule has 1 aromatic rings. The first-order valence-electron chi connectivity index (χ1n) is 11.6. The van der Waals surface area contributed by atoms with Crippen molar-refractivity contribution in [3.05, 3.63) is 52.4 Å². The van der Waals surface area contributed by atoms with E-state index in [9.17, 15) is 19.5 Å². The van der Waals surface area contributed by atoms with E-state index in [-0.39, 0.29) is 23.6 Å². The van der Waals surface area contributed by atoms with E-state index in [1.54, 1.807) is 31.2 Å². The number of allylic oxidation sites excluding steroid dienone is 3. The molecule has 4 rings (SSSR count). The molecule has 3 aliphatic rings. The van der Waals surface area contributed by atoms with Crippen LogP contribution in [0.25, 0.3) is 0 Å². The highest BCUT2D eigenvalue weighted by atomic mass is 16.5. The van der Waals surface area contributed by atoms with Gasteiger partial charge >= 0.3 is 11.9 Å². The molecular weight excluding hydrogens is 422 g/mol. The first-order valence-corrected chi connectivity index (χ1v) is 11.6. The Morgan fingerprint density at radius 2 is 1.88 bits per heavy atom. The molecule has 7 heteroatoms. The Labute approximate surface area is 193 Å². The minimum atomic E-state index is -0.940. The molecule has 0 spiro atoms. The zero-order chi connectivity index (χ0) is 23.7. The smallest absolute Gasteiger partial charge is 0.337 e. The molecule has 0 amide bonds. The molecule has 1 heterocycles. The number of ketones is 1. The number of hydrogen-bond acceptors (Lipinski definition) is 7. The van der Waals surface area contributed by atoms with Crippen LogP contribution in [0.4, 0.5) is 0 Å². The zero-order valence-corrected chi connectivity index (χ0v) is 19.3. The van der Waals surface area contributed by atoms with Gasteiger partial charge in [0.25, 0.3) is 0 Å². The van der Waals surface area contributed by atoms with Gasteiger partial charge in [0.1, 0.15) is 17.8 Å². The van der Waals surface area contributed by atoms with Crippen molar-refractivity contribution in [1.82, 2.24) is 5.32 Å². The SMILES string of the molecule is COC(=O)C1C(=O)C2=C(CC1C)NC(C)=C(C(=O)OC1CCCCC1)C2c1cccc(O)c1. The molecular formula is C26H31NO6. The fraction of sp³-hybridized carbons (Fsp3) is 0.500. The van der Waals surface area contributed by atoms with Crippen LogP contribution in [0.2, 0.25) is 0 Å². The molecule has 1 aromatic carbocycles. The highest BCUT2D eigenvalue weighted by molar-refractivity contribution is 6.12. The lowest BCUT2D eigenvalue weighted by molar-refractivity contribution is -0.151. The number of carbonyl (C=O) groups is 3. The van der Waals surface area contributed by atoms with Crippen molar-refractivity contribution >= 4 is 17.7 Å². The quantitative estimate of drug-likeness (QED) is 0.527. The third kappa shape index (κ3) is 4.41. The van der Waals surface area contributed by atoms with Crippen LogP contribution in [0, 0.1) is 11.8 Å². The van der Waals surface area contributed by atoms with Crippen LogP contribution in [0.1, 0.15) is 63.9 Å². The monoisotopic (exact) mass is 453 g/mol. The fourth-order valence-electron chi connectivity index (χ4n) is 5.39. The second-order valence-corrected chi connectivity index (χ2v) is 9.30. The molecule has 1 aliphatic heterocycles. The predicted molar refractivity (Wildman–Crippen MR) is 121 cm³/mol. The van der Waals surface area contributed by atoms with E-state index in [1.807, 2.05) is 6.92 Å². The first-order chi connectivity index (χ1) is 15.8. The van der Waals surface area contributed by atoms with E-state index in [0.717, 1.165) is 32.1 Å². The van der Waals surface area contributed by atoms with E-state index in [4.69, 9.17) is 9.47 Å². The van der Waals surface area contributed by atoms with Crippen LogP contribution in [0.5, 0.6) is 5.75 Å². The lowest BCUT2D eigenvalue weighted by Gasteiger charge is -2.38. The molecule has 3 atom stereocenters. The summed E-state index contributed by atoms with van der Waals surface area (Å²) in [5, 5.41) is 13.4. The lowest BCUT2D eigenvalue weighted by atomic mass is 9.69. The summed E-state index contributed by atoms with van der Waals surface area (Å²) in [5.74, 6) is -3.29. The Morgan fingerprint density at radius 1 is 1.15 bits per heavy atom. The number of phenols is 1. The van der Waals surface area contributed by atoms with Crippen LogP contribution in [0.3, 0.4) is 0 Å². The minimum Gasteiger partial charge on any atom is -0.508 e. The number of carbonyl (C=O) groups excluding carboxylic acids is 3. The van der Waals surface area contributed by atoms with Gasteiger partial charge in [-0.05, 0) is 62.6 Å². The largest absolute Gasteiger partial charge is 0.508 e. The summed E-state index contributed by atoms with van der Waals surface area (Å²) >= 11 is 0. The van der Waals surface area contributed by atoms with Gasteiger partial charge in [-0.15, -0.1) is 0 Å². The van der Waals surface area contributed by atoms with E-state index in [2.05, 4.69) is 5.32 Å². The van der Waals surface area contributed by atoms with Crippen molar-refractivity contribution < 1.29 is 29.0 Å². The van der Waals surface area contributed by atoms with Crippen molar-refractivity contribution in [1.29, 1.82) is 0 Å². The van der Waals surface area contributed by atoms with Crippen LogP contribution in [0.15, 0.2) is 46.8 Å². The van der Waals surface area contributed by atoms with Crippen LogP contribution >= 0.6 is 0 Å². The zero-order valence-electron chi connectivity index (χ0n) is 19.3. The molecule has 7 nitrogen and oxygen atoms in total. The number of nitrogens with one attached hydrogen (secondary N) is 1. The molecule has 3 unspecified atom stereocenters. The average molecular weight is 454 g/mol. The molecule has 2 aliphatic carbocycles. The summed E-state index contributed by atoms with van der Waals surface area (Å²) in [4.78, 5) is 39.6. The molecule has 0 aromatic heterocycles. The van der Waals surface area contributed by atoms with Gasteiger partial charge in [-0.1, -0.05) is 25.5 Å². The van der Waals surface area contributed by atoms with Crippen molar-refractivity contribution in [2.24, 2.45) is 11.8 Å². The molecule has 1 saturated carbocycles. The maximum atomic E-state index is 13.7. The number of dihydropyridines is 1. The molecule has 0 saturated heterocycles. The van der Waals surface area contributed by atoms with Gasteiger partial charge in [0.2, 0.25) is 0 Å². The third-order valence-corrected chi connectivity index (χ3v) is 6.99. The molecule has 33 heavy (non-hydrogen) atoms. The van der Waals surface area contributed by atoms with Crippen LogP contribution in [-0.4, -0.2) is 36.0 Å². The number of hydrogen-bond donors (Lipinski definition) is 2.